The van der Waals surface area contributed by atoms with Gasteiger partial charge in [0.05, 0.1) is 18.2 Å². The van der Waals surface area contributed by atoms with Crippen LogP contribution in [0.25, 0.3) is 0 Å². The lowest BCUT2D eigenvalue weighted by Crippen LogP contribution is -2.44. The molecule has 0 bridgehead atoms. The van der Waals surface area contributed by atoms with E-state index in [1.165, 1.54) is 0 Å². The number of hydrazine groups is 1. The summed E-state index contributed by atoms with van der Waals surface area (Å²) in [5.74, 6) is 6.60. The lowest BCUT2D eigenvalue weighted by Gasteiger charge is -2.35. The predicted molar refractivity (Wildman–Crippen MR) is 82.5 cm³/mol. The maximum absolute atomic E-state index is 5.74. The van der Waals surface area contributed by atoms with Gasteiger partial charge in [-0.05, 0) is 37.0 Å². The molecule has 0 aliphatic heterocycles. The number of hydrogen-bond acceptors (Lipinski definition) is 4. The van der Waals surface area contributed by atoms with Crippen LogP contribution in [0.5, 0.6) is 5.75 Å². The van der Waals surface area contributed by atoms with Gasteiger partial charge in [0.2, 0.25) is 0 Å². The second-order valence-electron chi connectivity index (χ2n) is 6.40. The van der Waals surface area contributed by atoms with Crippen molar-refractivity contribution in [2.75, 3.05) is 7.11 Å². The number of rotatable bonds is 6. The van der Waals surface area contributed by atoms with Gasteiger partial charge >= 0.3 is 0 Å². The number of hydrogen-bond donors (Lipinski definition) is 2. The van der Waals surface area contributed by atoms with E-state index >= 15 is 0 Å². The summed E-state index contributed by atoms with van der Waals surface area (Å²) in [4.78, 5) is 0. The Morgan fingerprint density at radius 2 is 1.65 bits per heavy atom. The predicted octanol–water partition coefficient (Wildman–Crippen LogP) is 3.04. The van der Waals surface area contributed by atoms with Crippen molar-refractivity contribution in [3.8, 4) is 5.75 Å². The average Bonchev–Trinajstić information content (AvgIpc) is 2.34. The summed E-state index contributed by atoms with van der Waals surface area (Å²) in [5, 5.41) is 0. The molecule has 0 saturated heterocycles. The standard InChI is InChI=1S/C16H28N2O2/c1-11(2)20-13-9-7-12(8-10-13)14(18-17)15(19-6)16(3,4)5/h7-11,14-15,18H,17H2,1-6H3. The van der Waals surface area contributed by atoms with Gasteiger partial charge in [0.15, 0.2) is 0 Å². The quantitative estimate of drug-likeness (QED) is 0.621. The van der Waals surface area contributed by atoms with Gasteiger partial charge in [0.25, 0.3) is 0 Å². The normalized spacial score (nSPS) is 15.2. The van der Waals surface area contributed by atoms with Crippen LogP contribution in [0, 0.1) is 5.41 Å². The molecule has 1 aromatic carbocycles. The first-order valence-corrected chi connectivity index (χ1v) is 7.05. The van der Waals surface area contributed by atoms with Crippen LogP contribution in [0.1, 0.15) is 46.2 Å². The van der Waals surface area contributed by atoms with E-state index in [4.69, 9.17) is 15.3 Å². The summed E-state index contributed by atoms with van der Waals surface area (Å²) < 4.78 is 11.3. The van der Waals surface area contributed by atoms with Gasteiger partial charge < -0.3 is 9.47 Å². The van der Waals surface area contributed by atoms with Gasteiger partial charge in [0, 0.05) is 7.11 Å². The molecule has 0 amide bonds. The Balaban J connectivity index is 2.95. The maximum Gasteiger partial charge on any atom is 0.119 e. The number of methoxy groups -OCH3 is 1. The van der Waals surface area contributed by atoms with Gasteiger partial charge in [-0.25, -0.2) is 0 Å². The monoisotopic (exact) mass is 280 g/mol. The molecule has 3 N–H and O–H groups in total. The minimum Gasteiger partial charge on any atom is -0.491 e. The second kappa shape index (κ2) is 7.07. The van der Waals surface area contributed by atoms with Crippen LogP contribution >= 0.6 is 0 Å². The summed E-state index contributed by atoms with van der Waals surface area (Å²) in [7, 11) is 1.72. The van der Waals surface area contributed by atoms with Crippen LogP contribution in [0.4, 0.5) is 0 Å². The van der Waals surface area contributed by atoms with E-state index in [9.17, 15) is 0 Å². The van der Waals surface area contributed by atoms with Crippen LogP contribution in [0.3, 0.4) is 0 Å². The van der Waals surface area contributed by atoms with E-state index in [1.54, 1.807) is 7.11 Å². The van der Waals surface area contributed by atoms with Crippen molar-refractivity contribution in [2.24, 2.45) is 11.3 Å². The highest BCUT2D eigenvalue weighted by Gasteiger charge is 2.32. The van der Waals surface area contributed by atoms with Gasteiger partial charge in [-0.1, -0.05) is 32.9 Å². The molecule has 0 fully saturated rings. The Morgan fingerprint density at radius 1 is 1.10 bits per heavy atom. The molecular weight excluding hydrogens is 252 g/mol. The zero-order valence-corrected chi connectivity index (χ0v) is 13.4. The summed E-state index contributed by atoms with van der Waals surface area (Å²) in [6, 6.07) is 7.93. The summed E-state index contributed by atoms with van der Waals surface area (Å²) >= 11 is 0. The van der Waals surface area contributed by atoms with Crippen LogP contribution in [-0.2, 0) is 4.74 Å². The first-order chi connectivity index (χ1) is 9.29. The van der Waals surface area contributed by atoms with Crippen LogP contribution in [-0.4, -0.2) is 19.3 Å². The average molecular weight is 280 g/mol. The highest BCUT2D eigenvalue weighted by atomic mass is 16.5. The largest absolute Gasteiger partial charge is 0.491 e. The van der Waals surface area contributed by atoms with E-state index < -0.39 is 0 Å². The van der Waals surface area contributed by atoms with E-state index in [-0.39, 0.29) is 23.7 Å². The second-order valence-corrected chi connectivity index (χ2v) is 6.40. The van der Waals surface area contributed by atoms with E-state index in [2.05, 4.69) is 26.2 Å². The highest BCUT2D eigenvalue weighted by molar-refractivity contribution is 5.30. The first-order valence-electron chi connectivity index (χ1n) is 7.05. The molecule has 0 aliphatic carbocycles. The Labute approximate surface area is 122 Å². The number of ether oxygens (including phenoxy) is 2. The molecule has 1 rings (SSSR count). The zero-order valence-electron chi connectivity index (χ0n) is 13.4. The van der Waals surface area contributed by atoms with E-state index in [1.807, 2.05) is 38.1 Å². The van der Waals surface area contributed by atoms with Gasteiger partial charge in [0.1, 0.15) is 5.75 Å². The SMILES string of the molecule is COC(C(NN)c1ccc(OC(C)C)cc1)C(C)(C)C. The molecule has 4 heteroatoms. The molecule has 4 nitrogen and oxygen atoms in total. The van der Waals surface area contributed by atoms with Crippen molar-refractivity contribution in [3.63, 3.8) is 0 Å². The van der Waals surface area contributed by atoms with Crippen molar-refractivity contribution in [1.82, 2.24) is 5.43 Å². The maximum atomic E-state index is 5.74. The van der Waals surface area contributed by atoms with Crippen molar-refractivity contribution in [1.29, 1.82) is 0 Å². The molecule has 0 heterocycles. The lowest BCUT2D eigenvalue weighted by molar-refractivity contribution is -0.0120. The summed E-state index contributed by atoms with van der Waals surface area (Å²) in [5.41, 5.74) is 3.94. The fraction of sp³-hybridized carbons (Fsp3) is 0.625. The first kappa shape index (κ1) is 17.0. The highest BCUT2D eigenvalue weighted by Crippen LogP contribution is 2.32. The van der Waals surface area contributed by atoms with Crippen molar-refractivity contribution >= 4 is 0 Å². The molecule has 114 valence electrons. The Morgan fingerprint density at radius 3 is 2.00 bits per heavy atom. The third-order valence-corrected chi connectivity index (χ3v) is 3.20. The van der Waals surface area contributed by atoms with Gasteiger partial charge in [-0.15, -0.1) is 0 Å². The molecule has 2 unspecified atom stereocenters. The molecule has 0 radical (unpaired) electrons. The third-order valence-electron chi connectivity index (χ3n) is 3.20. The number of benzene rings is 1. The molecule has 20 heavy (non-hydrogen) atoms. The number of nitrogens with one attached hydrogen (secondary N) is 1. The Kier molecular flexibility index (Phi) is 5.99. The fourth-order valence-corrected chi connectivity index (χ4v) is 2.37. The van der Waals surface area contributed by atoms with E-state index in [0.717, 1.165) is 11.3 Å². The Bertz CT molecular complexity index is 396. The molecule has 1 aromatic rings. The molecule has 2 atom stereocenters. The van der Waals surface area contributed by atoms with Crippen LogP contribution in [0.2, 0.25) is 0 Å². The fourth-order valence-electron chi connectivity index (χ4n) is 2.37. The third kappa shape index (κ3) is 4.47. The smallest absolute Gasteiger partial charge is 0.119 e. The summed E-state index contributed by atoms with van der Waals surface area (Å²) in [6.45, 7) is 10.4. The lowest BCUT2D eigenvalue weighted by atomic mass is 9.82. The van der Waals surface area contributed by atoms with Gasteiger partial charge in [-0.2, -0.15) is 0 Å². The topological polar surface area (TPSA) is 56.5 Å². The van der Waals surface area contributed by atoms with E-state index in [0.29, 0.717) is 0 Å². The van der Waals surface area contributed by atoms with Crippen LogP contribution < -0.4 is 16.0 Å². The minimum absolute atomic E-state index is 0.0150. The number of nitrogens with two attached hydrogens (primary N) is 1. The molecule has 0 spiro atoms. The molecule has 0 saturated carbocycles. The molecule has 0 aromatic heterocycles. The molecule has 0 aliphatic rings. The zero-order chi connectivity index (χ0) is 15.3. The van der Waals surface area contributed by atoms with Crippen molar-refractivity contribution in [2.45, 2.75) is 52.9 Å². The minimum atomic E-state index is -0.0619. The summed E-state index contributed by atoms with van der Waals surface area (Å²) in [6.07, 6.45) is 0.148. The molecular formula is C16H28N2O2. The van der Waals surface area contributed by atoms with Crippen molar-refractivity contribution in [3.05, 3.63) is 29.8 Å². The Hall–Kier alpha value is -1.10. The van der Waals surface area contributed by atoms with Crippen LogP contribution in [0.15, 0.2) is 24.3 Å². The van der Waals surface area contributed by atoms with Crippen molar-refractivity contribution < 1.29 is 9.47 Å². The van der Waals surface area contributed by atoms with Gasteiger partial charge in [-0.3, -0.25) is 11.3 Å².